The highest BCUT2D eigenvalue weighted by Crippen LogP contribution is 2.32. The van der Waals surface area contributed by atoms with Crippen LogP contribution in [0.4, 0.5) is 0 Å². The molecule has 0 bridgehead atoms. The van der Waals surface area contributed by atoms with Crippen molar-refractivity contribution in [2.45, 2.75) is 32.4 Å². The minimum absolute atomic E-state index is 0.00837. The highest BCUT2D eigenvalue weighted by molar-refractivity contribution is 5.95. The minimum atomic E-state index is 0.00837. The molecule has 1 fully saturated rings. The van der Waals surface area contributed by atoms with Crippen LogP contribution in [-0.4, -0.2) is 34.0 Å². The third-order valence-corrected chi connectivity index (χ3v) is 5.14. The predicted molar refractivity (Wildman–Crippen MR) is 112 cm³/mol. The third-order valence-electron chi connectivity index (χ3n) is 5.14. The fraction of sp³-hybridized carbons (Fsp3) is 0.250. The van der Waals surface area contributed by atoms with Crippen molar-refractivity contribution in [3.8, 4) is 22.8 Å². The van der Waals surface area contributed by atoms with Crippen molar-refractivity contribution >= 4 is 5.91 Å². The van der Waals surface area contributed by atoms with Crippen molar-refractivity contribution in [1.29, 1.82) is 0 Å². The Labute approximate surface area is 170 Å². The Morgan fingerprint density at radius 3 is 2.66 bits per heavy atom. The summed E-state index contributed by atoms with van der Waals surface area (Å²) in [7, 11) is 1.52. The Morgan fingerprint density at radius 2 is 1.93 bits per heavy atom. The van der Waals surface area contributed by atoms with E-state index in [-0.39, 0.29) is 17.7 Å². The van der Waals surface area contributed by atoms with Gasteiger partial charge in [-0.25, -0.2) is 0 Å². The maximum Gasteiger partial charge on any atom is 0.254 e. The molecule has 1 N–H and O–H groups in total. The number of benzene rings is 2. The van der Waals surface area contributed by atoms with Gasteiger partial charge in [-0.05, 0) is 61.7 Å². The van der Waals surface area contributed by atoms with Crippen molar-refractivity contribution in [2.75, 3.05) is 7.11 Å². The van der Waals surface area contributed by atoms with Crippen LogP contribution in [-0.2, 0) is 6.54 Å². The minimum Gasteiger partial charge on any atom is -0.504 e. The number of hydrogen-bond donors (Lipinski definition) is 1. The van der Waals surface area contributed by atoms with Gasteiger partial charge in [0.1, 0.15) is 0 Å². The summed E-state index contributed by atoms with van der Waals surface area (Å²) in [6.45, 7) is 2.44. The standard InChI is InChI=1S/C24H24N2O3/c1-16-5-3-8-21(25-16)18-6-4-7-19(14-18)24(28)26(20-10-11-20)15-17-9-12-22(27)23(13-17)29-2/h3-9,12-14,20,27H,10-11,15H2,1-2H3. The average molecular weight is 388 g/mol. The molecule has 4 rings (SSSR count). The molecule has 1 saturated carbocycles. The van der Waals surface area contributed by atoms with Gasteiger partial charge in [-0.2, -0.15) is 0 Å². The van der Waals surface area contributed by atoms with Crippen molar-refractivity contribution in [2.24, 2.45) is 0 Å². The summed E-state index contributed by atoms with van der Waals surface area (Å²) in [5.74, 6) is 0.520. The van der Waals surface area contributed by atoms with Crippen LogP contribution in [0.5, 0.6) is 11.5 Å². The first kappa shape index (κ1) is 19.0. The molecule has 5 nitrogen and oxygen atoms in total. The van der Waals surface area contributed by atoms with Gasteiger partial charge in [0, 0.05) is 29.4 Å². The Kier molecular flexibility index (Phi) is 5.21. The van der Waals surface area contributed by atoms with Gasteiger partial charge in [0.2, 0.25) is 0 Å². The van der Waals surface area contributed by atoms with Crippen molar-refractivity contribution in [3.05, 3.63) is 77.5 Å². The number of carbonyl (C=O) groups is 1. The van der Waals surface area contributed by atoms with E-state index in [9.17, 15) is 9.90 Å². The molecule has 5 heteroatoms. The molecule has 3 aromatic rings. The molecule has 1 aliphatic rings. The van der Waals surface area contributed by atoms with Gasteiger partial charge in [0.15, 0.2) is 11.5 Å². The van der Waals surface area contributed by atoms with E-state index < -0.39 is 0 Å². The van der Waals surface area contributed by atoms with Crippen LogP contribution in [0.25, 0.3) is 11.3 Å². The monoisotopic (exact) mass is 388 g/mol. The van der Waals surface area contributed by atoms with Crippen molar-refractivity contribution in [1.82, 2.24) is 9.88 Å². The fourth-order valence-electron chi connectivity index (χ4n) is 3.45. The van der Waals surface area contributed by atoms with Crippen LogP contribution in [0.15, 0.2) is 60.7 Å². The lowest BCUT2D eigenvalue weighted by atomic mass is 10.1. The molecule has 2 aromatic carbocycles. The molecule has 0 atom stereocenters. The van der Waals surface area contributed by atoms with Gasteiger partial charge < -0.3 is 14.7 Å². The molecule has 1 aliphatic carbocycles. The van der Waals surface area contributed by atoms with Crippen LogP contribution in [0.3, 0.4) is 0 Å². The molecule has 1 aromatic heterocycles. The number of aromatic hydroxyl groups is 1. The second-order valence-corrected chi connectivity index (χ2v) is 7.42. The SMILES string of the molecule is COc1cc(CN(C(=O)c2cccc(-c3cccc(C)n3)c2)C2CC2)ccc1O. The summed E-state index contributed by atoms with van der Waals surface area (Å²) in [4.78, 5) is 19.8. The average Bonchev–Trinajstić information content (AvgIpc) is 3.58. The second-order valence-electron chi connectivity index (χ2n) is 7.42. The van der Waals surface area contributed by atoms with Crippen LogP contribution in [0, 0.1) is 6.92 Å². The molecular formula is C24H24N2O3. The zero-order valence-corrected chi connectivity index (χ0v) is 16.6. The molecule has 1 heterocycles. The predicted octanol–water partition coefficient (Wildman–Crippen LogP) is 4.58. The number of pyridine rings is 1. The van der Waals surface area contributed by atoms with Crippen LogP contribution in [0.1, 0.15) is 34.5 Å². The summed E-state index contributed by atoms with van der Waals surface area (Å²) in [5.41, 5.74) is 4.32. The maximum absolute atomic E-state index is 13.3. The van der Waals surface area contributed by atoms with Gasteiger partial charge in [-0.15, -0.1) is 0 Å². The zero-order chi connectivity index (χ0) is 20.4. The van der Waals surface area contributed by atoms with E-state index in [0.717, 1.165) is 35.4 Å². The van der Waals surface area contributed by atoms with E-state index >= 15 is 0 Å². The lowest BCUT2D eigenvalue weighted by Crippen LogP contribution is -2.32. The number of hydrogen-bond acceptors (Lipinski definition) is 4. The smallest absolute Gasteiger partial charge is 0.254 e. The Hall–Kier alpha value is -3.34. The number of ether oxygens (including phenoxy) is 1. The largest absolute Gasteiger partial charge is 0.504 e. The first-order valence-corrected chi connectivity index (χ1v) is 9.76. The summed E-state index contributed by atoms with van der Waals surface area (Å²) in [5, 5.41) is 9.82. The maximum atomic E-state index is 13.3. The molecule has 0 unspecified atom stereocenters. The molecule has 0 aliphatic heterocycles. The number of amides is 1. The number of carbonyl (C=O) groups excluding carboxylic acids is 1. The van der Waals surface area contributed by atoms with Gasteiger partial charge in [0.25, 0.3) is 5.91 Å². The van der Waals surface area contributed by atoms with Crippen LogP contribution in [0.2, 0.25) is 0 Å². The van der Waals surface area contributed by atoms with Gasteiger partial charge in [-0.1, -0.05) is 24.3 Å². The van der Waals surface area contributed by atoms with E-state index in [4.69, 9.17) is 4.74 Å². The Bertz CT molecular complexity index is 1040. The van der Waals surface area contributed by atoms with E-state index in [1.54, 1.807) is 12.1 Å². The van der Waals surface area contributed by atoms with Crippen molar-refractivity contribution in [3.63, 3.8) is 0 Å². The van der Waals surface area contributed by atoms with E-state index in [1.165, 1.54) is 7.11 Å². The molecule has 0 saturated heterocycles. The second kappa shape index (κ2) is 7.95. The summed E-state index contributed by atoms with van der Waals surface area (Å²) in [6.07, 6.45) is 2.03. The number of aromatic nitrogens is 1. The van der Waals surface area contributed by atoms with E-state index in [2.05, 4.69) is 4.98 Å². The molecule has 1 amide bonds. The van der Waals surface area contributed by atoms with Gasteiger partial charge in [-0.3, -0.25) is 9.78 Å². The van der Waals surface area contributed by atoms with E-state index in [0.29, 0.717) is 17.9 Å². The number of rotatable bonds is 6. The topological polar surface area (TPSA) is 62.7 Å². The fourth-order valence-corrected chi connectivity index (χ4v) is 3.45. The highest BCUT2D eigenvalue weighted by atomic mass is 16.5. The number of nitrogens with zero attached hydrogens (tertiary/aromatic N) is 2. The van der Waals surface area contributed by atoms with Gasteiger partial charge in [0.05, 0.1) is 12.8 Å². The third kappa shape index (κ3) is 4.24. The summed E-state index contributed by atoms with van der Waals surface area (Å²) < 4.78 is 5.20. The normalized spacial score (nSPS) is 13.2. The lowest BCUT2D eigenvalue weighted by molar-refractivity contribution is 0.0730. The number of phenols is 1. The van der Waals surface area contributed by atoms with Crippen LogP contribution >= 0.6 is 0 Å². The lowest BCUT2D eigenvalue weighted by Gasteiger charge is -2.23. The molecular weight excluding hydrogens is 364 g/mol. The summed E-state index contributed by atoms with van der Waals surface area (Å²) in [6, 6.07) is 19.0. The highest BCUT2D eigenvalue weighted by Gasteiger charge is 2.33. The van der Waals surface area contributed by atoms with Gasteiger partial charge >= 0.3 is 0 Å². The van der Waals surface area contributed by atoms with Crippen molar-refractivity contribution < 1.29 is 14.6 Å². The molecule has 0 spiro atoms. The van der Waals surface area contributed by atoms with Crippen LogP contribution < -0.4 is 4.74 Å². The quantitative estimate of drug-likeness (QED) is 0.672. The molecule has 148 valence electrons. The number of aryl methyl sites for hydroxylation is 1. The Balaban J connectivity index is 1.60. The number of phenolic OH excluding ortho intramolecular Hbond substituents is 1. The first-order chi connectivity index (χ1) is 14.0. The zero-order valence-electron chi connectivity index (χ0n) is 16.6. The first-order valence-electron chi connectivity index (χ1n) is 9.76. The molecule has 29 heavy (non-hydrogen) atoms. The Morgan fingerprint density at radius 1 is 1.14 bits per heavy atom. The van der Waals surface area contributed by atoms with E-state index in [1.807, 2.05) is 60.4 Å². The summed E-state index contributed by atoms with van der Waals surface area (Å²) >= 11 is 0. The number of methoxy groups -OCH3 is 1. The molecule has 0 radical (unpaired) electrons.